The minimum absolute atomic E-state index is 0.0393. The molecule has 4 rings (SSSR count). The molecule has 1 atom stereocenters. The smallest absolute Gasteiger partial charge is 0.295 e. The topological polar surface area (TPSA) is 120 Å². The predicted octanol–water partition coefficient (Wildman–Crippen LogP) is 1.48. The molecule has 11 heteroatoms. The van der Waals surface area contributed by atoms with E-state index < -0.39 is 27.8 Å². The van der Waals surface area contributed by atoms with Gasteiger partial charge in [0.2, 0.25) is 10.0 Å². The van der Waals surface area contributed by atoms with Gasteiger partial charge in [0, 0.05) is 58.2 Å². The van der Waals surface area contributed by atoms with E-state index in [0.717, 1.165) is 23.9 Å². The molecule has 0 radical (unpaired) electrons. The van der Waals surface area contributed by atoms with E-state index in [1.165, 1.54) is 43.3 Å². The number of hydrogen-bond acceptors (Lipinski definition) is 8. The third-order valence-electron chi connectivity index (χ3n) is 6.42. The SMILES string of the molecule is CN(C)S(=O)(=O)c1ccc(/C(O)=C2/C(=O)C(=O)N(CCCN3CCOCC3)C2c2cccnc2)cc1. The Morgan fingerprint density at radius 3 is 2.42 bits per heavy atom. The highest BCUT2D eigenvalue weighted by molar-refractivity contribution is 7.89. The number of ketones is 1. The van der Waals surface area contributed by atoms with Gasteiger partial charge < -0.3 is 14.7 Å². The van der Waals surface area contributed by atoms with Gasteiger partial charge in [-0.15, -0.1) is 0 Å². The first-order valence-corrected chi connectivity index (χ1v) is 13.2. The maximum absolute atomic E-state index is 13.1. The first-order chi connectivity index (χ1) is 17.2. The van der Waals surface area contributed by atoms with Crippen LogP contribution in [-0.2, 0) is 24.3 Å². The standard InChI is InChI=1S/C25H30N4O6S/c1-27(2)36(33,34)20-8-6-18(7-9-20)23(30)21-22(19-5-3-10-26-17-19)29(25(32)24(21)31)12-4-11-28-13-15-35-16-14-28/h3,5-10,17,22,30H,4,11-16H2,1-2H3/b23-21-. The Kier molecular flexibility index (Phi) is 7.84. The molecule has 2 saturated heterocycles. The summed E-state index contributed by atoms with van der Waals surface area (Å²) in [6, 6.07) is 8.26. The Hall–Kier alpha value is -3.12. The van der Waals surface area contributed by atoms with E-state index >= 15 is 0 Å². The molecule has 1 aromatic heterocycles. The third kappa shape index (κ3) is 5.19. The van der Waals surface area contributed by atoms with Gasteiger partial charge in [0.25, 0.3) is 11.7 Å². The highest BCUT2D eigenvalue weighted by Gasteiger charge is 2.46. The van der Waals surface area contributed by atoms with E-state index in [0.29, 0.717) is 31.7 Å². The van der Waals surface area contributed by atoms with Crippen LogP contribution in [0.3, 0.4) is 0 Å². The molecule has 2 aromatic rings. The van der Waals surface area contributed by atoms with Crippen LogP contribution in [0.15, 0.2) is 59.3 Å². The number of nitrogens with zero attached hydrogens (tertiary/aromatic N) is 4. The summed E-state index contributed by atoms with van der Waals surface area (Å²) in [4.78, 5) is 34.1. The number of likely N-dealkylation sites (tertiary alicyclic amines) is 1. The summed E-state index contributed by atoms with van der Waals surface area (Å²) >= 11 is 0. The normalized spacial score (nSPS) is 20.9. The predicted molar refractivity (Wildman–Crippen MR) is 132 cm³/mol. The average molecular weight is 515 g/mol. The molecule has 10 nitrogen and oxygen atoms in total. The van der Waals surface area contributed by atoms with Crippen LogP contribution in [0.5, 0.6) is 0 Å². The number of amides is 1. The fraction of sp³-hybridized carbons (Fsp3) is 0.400. The Morgan fingerprint density at radius 2 is 1.81 bits per heavy atom. The molecule has 0 bridgehead atoms. The van der Waals surface area contributed by atoms with Crippen LogP contribution in [0.2, 0.25) is 0 Å². The number of aliphatic hydroxyl groups is 1. The number of pyridine rings is 1. The second-order valence-electron chi connectivity index (χ2n) is 8.90. The number of Topliss-reactive ketones (excluding diaryl/α,β-unsaturated/α-hetero) is 1. The number of carbonyl (C=O) groups excluding carboxylic acids is 2. The Bertz CT molecular complexity index is 1240. The van der Waals surface area contributed by atoms with Gasteiger partial charge in [-0.1, -0.05) is 6.07 Å². The lowest BCUT2D eigenvalue weighted by Gasteiger charge is -2.29. The summed E-state index contributed by atoms with van der Waals surface area (Å²) in [6.07, 6.45) is 3.82. The van der Waals surface area contributed by atoms with Crippen molar-refractivity contribution >= 4 is 27.5 Å². The monoisotopic (exact) mass is 514 g/mol. The van der Waals surface area contributed by atoms with Gasteiger partial charge in [0.15, 0.2) is 0 Å². The number of ether oxygens (including phenoxy) is 1. The molecule has 1 unspecified atom stereocenters. The first kappa shape index (κ1) is 26.0. The number of carbonyl (C=O) groups is 2. The van der Waals surface area contributed by atoms with Gasteiger partial charge in [-0.25, -0.2) is 12.7 Å². The zero-order chi connectivity index (χ0) is 25.9. The molecule has 0 aliphatic carbocycles. The molecule has 192 valence electrons. The van der Waals surface area contributed by atoms with Crippen LogP contribution in [0.4, 0.5) is 0 Å². The molecule has 1 aromatic carbocycles. The summed E-state index contributed by atoms with van der Waals surface area (Å²) < 4.78 is 31.2. The van der Waals surface area contributed by atoms with Gasteiger partial charge in [-0.2, -0.15) is 0 Å². The van der Waals surface area contributed by atoms with E-state index in [9.17, 15) is 23.1 Å². The molecular formula is C25H30N4O6S. The van der Waals surface area contributed by atoms with E-state index in [2.05, 4.69) is 9.88 Å². The summed E-state index contributed by atoms with van der Waals surface area (Å²) in [6.45, 7) is 4.09. The number of hydrogen-bond donors (Lipinski definition) is 1. The van der Waals surface area contributed by atoms with Crippen molar-refractivity contribution in [3.05, 3.63) is 65.5 Å². The lowest BCUT2D eigenvalue weighted by molar-refractivity contribution is -0.140. The van der Waals surface area contributed by atoms with Crippen LogP contribution in [0.25, 0.3) is 5.76 Å². The van der Waals surface area contributed by atoms with Crippen LogP contribution in [0.1, 0.15) is 23.6 Å². The maximum atomic E-state index is 13.1. The van der Waals surface area contributed by atoms with E-state index in [4.69, 9.17) is 4.74 Å². The van der Waals surface area contributed by atoms with Crippen molar-refractivity contribution in [1.82, 2.24) is 19.1 Å². The molecule has 2 aliphatic rings. The maximum Gasteiger partial charge on any atom is 0.295 e. The van der Waals surface area contributed by atoms with Gasteiger partial charge in [0.05, 0.1) is 29.7 Å². The zero-order valence-electron chi connectivity index (χ0n) is 20.3. The van der Waals surface area contributed by atoms with Crippen LogP contribution < -0.4 is 0 Å². The number of rotatable bonds is 8. The van der Waals surface area contributed by atoms with Crippen molar-refractivity contribution in [2.24, 2.45) is 0 Å². The van der Waals surface area contributed by atoms with Crippen LogP contribution in [0, 0.1) is 0 Å². The molecule has 0 spiro atoms. The minimum Gasteiger partial charge on any atom is -0.507 e. The Labute approximate surface area is 210 Å². The third-order valence-corrected chi connectivity index (χ3v) is 8.25. The lowest BCUT2D eigenvalue weighted by Crippen LogP contribution is -2.39. The second kappa shape index (κ2) is 10.9. The molecule has 2 fully saturated rings. The highest BCUT2D eigenvalue weighted by Crippen LogP contribution is 2.39. The number of aliphatic hydroxyl groups excluding tert-OH is 1. The van der Waals surface area contributed by atoms with Gasteiger partial charge in [-0.3, -0.25) is 19.5 Å². The molecule has 1 amide bonds. The number of aromatic nitrogens is 1. The Morgan fingerprint density at radius 1 is 1.11 bits per heavy atom. The largest absolute Gasteiger partial charge is 0.507 e. The van der Waals surface area contributed by atoms with E-state index in [1.807, 2.05) is 0 Å². The van der Waals surface area contributed by atoms with Crippen molar-refractivity contribution in [3.8, 4) is 0 Å². The average Bonchev–Trinajstić information content (AvgIpc) is 3.14. The highest BCUT2D eigenvalue weighted by atomic mass is 32.2. The Balaban J connectivity index is 1.66. The quantitative estimate of drug-likeness (QED) is 0.320. The van der Waals surface area contributed by atoms with E-state index in [-0.39, 0.29) is 21.8 Å². The van der Waals surface area contributed by atoms with Crippen molar-refractivity contribution in [2.75, 3.05) is 53.5 Å². The van der Waals surface area contributed by atoms with Crippen molar-refractivity contribution in [1.29, 1.82) is 0 Å². The van der Waals surface area contributed by atoms with Crippen LogP contribution in [-0.4, -0.2) is 97.8 Å². The summed E-state index contributed by atoms with van der Waals surface area (Å²) in [7, 11) is -0.797. The zero-order valence-corrected chi connectivity index (χ0v) is 21.1. The molecule has 3 heterocycles. The molecular weight excluding hydrogens is 484 g/mol. The van der Waals surface area contributed by atoms with E-state index in [1.54, 1.807) is 24.5 Å². The van der Waals surface area contributed by atoms with Gasteiger partial charge >= 0.3 is 0 Å². The fourth-order valence-electron chi connectivity index (χ4n) is 4.44. The number of benzene rings is 1. The first-order valence-electron chi connectivity index (χ1n) is 11.7. The molecule has 1 N–H and O–H groups in total. The lowest BCUT2D eigenvalue weighted by atomic mass is 9.96. The minimum atomic E-state index is -3.65. The molecule has 2 aliphatic heterocycles. The van der Waals surface area contributed by atoms with Crippen LogP contribution >= 0.6 is 0 Å². The van der Waals surface area contributed by atoms with Crippen molar-refractivity contribution in [2.45, 2.75) is 17.4 Å². The summed E-state index contributed by atoms with van der Waals surface area (Å²) in [5.74, 6) is -1.82. The summed E-state index contributed by atoms with van der Waals surface area (Å²) in [5.41, 5.74) is 0.812. The number of morpholine rings is 1. The molecule has 0 saturated carbocycles. The fourth-order valence-corrected chi connectivity index (χ4v) is 5.34. The van der Waals surface area contributed by atoms with Gasteiger partial charge in [-0.05, 0) is 42.3 Å². The second-order valence-corrected chi connectivity index (χ2v) is 11.1. The van der Waals surface area contributed by atoms with Gasteiger partial charge in [0.1, 0.15) is 5.76 Å². The number of sulfonamides is 1. The molecule has 36 heavy (non-hydrogen) atoms. The van der Waals surface area contributed by atoms with Crippen molar-refractivity contribution in [3.63, 3.8) is 0 Å². The summed E-state index contributed by atoms with van der Waals surface area (Å²) in [5, 5.41) is 11.2. The van der Waals surface area contributed by atoms with Crippen molar-refractivity contribution < 1.29 is 27.9 Å².